The molecule has 74 valence electrons. The highest BCUT2D eigenvalue weighted by molar-refractivity contribution is 8.06. The SMILES string of the molecule is CC/C=C(\NC=O)SC(C)=C(C)C. The van der Waals surface area contributed by atoms with Gasteiger partial charge in [-0.05, 0) is 32.1 Å². The number of allylic oxidation sites excluding steroid dienone is 3. The molecule has 0 fully saturated rings. The Morgan fingerprint density at radius 2 is 2.00 bits per heavy atom. The molecule has 0 heterocycles. The normalized spacial score (nSPS) is 10.9. The molecule has 0 bridgehead atoms. The van der Waals surface area contributed by atoms with Gasteiger partial charge in [-0.15, -0.1) is 0 Å². The van der Waals surface area contributed by atoms with Crippen LogP contribution in [-0.4, -0.2) is 6.41 Å². The summed E-state index contributed by atoms with van der Waals surface area (Å²) in [6.45, 7) is 8.22. The second kappa shape index (κ2) is 6.78. The van der Waals surface area contributed by atoms with E-state index in [9.17, 15) is 4.79 Å². The maximum absolute atomic E-state index is 10.3. The zero-order valence-corrected chi connectivity index (χ0v) is 9.49. The van der Waals surface area contributed by atoms with E-state index in [2.05, 4.69) is 26.1 Å². The highest BCUT2D eigenvalue weighted by Crippen LogP contribution is 2.25. The van der Waals surface area contributed by atoms with E-state index in [0.717, 1.165) is 11.4 Å². The van der Waals surface area contributed by atoms with Gasteiger partial charge in [0.1, 0.15) is 0 Å². The van der Waals surface area contributed by atoms with Crippen LogP contribution in [0, 0.1) is 0 Å². The molecule has 0 saturated carbocycles. The smallest absolute Gasteiger partial charge is 0.211 e. The van der Waals surface area contributed by atoms with Crippen molar-refractivity contribution in [1.29, 1.82) is 0 Å². The zero-order valence-electron chi connectivity index (χ0n) is 8.68. The first-order valence-corrected chi connectivity index (χ1v) is 5.15. The first-order chi connectivity index (χ1) is 6.11. The predicted octanol–water partition coefficient (Wildman–Crippen LogP) is 3.03. The van der Waals surface area contributed by atoms with Crippen LogP contribution in [0.3, 0.4) is 0 Å². The van der Waals surface area contributed by atoms with E-state index < -0.39 is 0 Å². The van der Waals surface area contributed by atoms with Crippen LogP contribution in [0.15, 0.2) is 21.6 Å². The minimum absolute atomic E-state index is 0.715. The summed E-state index contributed by atoms with van der Waals surface area (Å²) in [5.41, 5.74) is 1.28. The first-order valence-electron chi connectivity index (χ1n) is 4.34. The van der Waals surface area contributed by atoms with Crippen LogP contribution in [0.2, 0.25) is 0 Å². The van der Waals surface area contributed by atoms with Crippen molar-refractivity contribution in [2.45, 2.75) is 34.1 Å². The molecule has 0 rings (SSSR count). The molecule has 3 heteroatoms. The number of hydrogen-bond donors (Lipinski definition) is 1. The Morgan fingerprint density at radius 1 is 1.38 bits per heavy atom. The lowest BCUT2D eigenvalue weighted by atomic mass is 10.3. The lowest BCUT2D eigenvalue weighted by molar-refractivity contribution is -0.108. The minimum atomic E-state index is 0.715. The van der Waals surface area contributed by atoms with Crippen LogP contribution in [0.1, 0.15) is 34.1 Å². The summed E-state index contributed by atoms with van der Waals surface area (Å²) >= 11 is 1.60. The van der Waals surface area contributed by atoms with E-state index in [1.54, 1.807) is 11.8 Å². The second-order valence-electron chi connectivity index (χ2n) is 2.90. The standard InChI is InChI=1S/C10H17NOS/c1-5-6-10(11-7-12)13-9(4)8(2)3/h6-7H,5H2,1-4H3,(H,11,12)/b10-6+. The Bertz CT molecular complexity index is 227. The fourth-order valence-corrected chi connectivity index (χ4v) is 1.53. The summed E-state index contributed by atoms with van der Waals surface area (Å²) < 4.78 is 0. The molecule has 1 N–H and O–H groups in total. The van der Waals surface area contributed by atoms with Crippen molar-refractivity contribution in [3.8, 4) is 0 Å². The largest absolute Gasteiger partial charge is 0.323 e. The van der Waals surface area contributed by atoms with E-state index in [-0.39, 0.29) is 0 Å². The molecule has 0 unspecified atom stereocenters. The molecule has 0 atom stereocenters. The van der Waals surface area contributed by atoms with Crippen LogP contribution >= 0.6 is 11.8 Å². The fraction of sp³-hybridized carbons (Fsp3) is 0.500. The van der Waals surface area contributed by atoms with Crippen LogP contribution in [0.4, 0.5) is 0 Å². The van der Waals surface area contributed by atoms with E-state index in [4.69, 9.17) is 0 Å². The third-order valence-corrected chi connectivity index (χ3v) is 2.78. The van der Waals surface area contributed by atoms with Gasteiger partial charge in [-0.25, -0.2) is 0 Å². The van der Waals surface area contributed by atoms with Crippen molar-refractivity contribution >= 4 is 18.2 Å². The zero-order chi connectivity index (χ0) is 10.3. The molecule has 0 saturated heterocycles. The number of nitrogens with one attached hydrogen (secondary N) is 1. The van der Waals surface area contributed by atoms with E-state index in [1.165, 1.54) is 10.5 Å². The summed E-state index contributed by atoms with van der Waals surface area (Å²) in [7, 11) is 0. The maximum atomic E-state index is 10.3. The monoisotopic (exact) mass is 199 g/mol. The molecule has 0 aromatic heterocycles. The Kier molecular flexibility index (Phi) is 6.41. The molecule has 0 spiro atoms. The van der Waals surface area contributed by atoms with Gasteiger partial charge in [0.2, 0.25) is 6.41 Å². The molecule has 0 aromatic rings. The van der Waals surface area contributed by atoms with Crippen molar-refractivity contribution in [3.05, 3.63) is 21.6 Å². The summed E-state index contributed by atoms with van der Waals surface area (Å²) in [5.74, 6) is 0. The Labute approximate surface area is 84.5 Å². The fourth-order valence-electron chi connectivity index (χ4n) is 0.641. The van der Waals surface area contributed by atoms with Gasteiger partial charge >= 0.3 is 0 Å². The highest BCUT2D eigenvalue weighted by Gasteiger charge is 1.98. The van der Waals surface area contributed by atoms with Gasteiger partial charge in [0.05, 0.1) is 5.03 Å². The molecule has 13 heavy (non-hydrogen) atoms. The second-order valence-corrected chi connectivity index (χ2v) is 4.15. The van der Waals surface area contributed by atoms with Crippen LogP contribution in [0.5, 0.6) is 0 Å². The molecule has 1 amide bonds. The average molecular weight is 199 g/mol. The Morgan fingerprint density at radius 3 is 2.38 bits per heavy atom. The average Bonchev–Trinajstić information content (AvgIpc) is 2.05. The maximum Gasteiger partial charge on any atom is 0.211 e. The van der Waals surface area contributed by atoms with E-state index in [0.29, 0.717) is 6.41 Å². The van der Waals surface area contributed by atoms with Gasteiger partial charge in [-0.2, -0.15) is 0 Å². The topological polar surface area (TPSA) is 29.1 Å². The van der Waals surface area contributed by atoms with Crippen LogP contribution < -0.4 is 5.32 Å². The molecular formula is C10H17NOS. The van der Waals surface area contributed by atoms with Crippen molar-refractivity contribution in [2.24, 2.45) is 0 Å². The quantitative estimate of drug-likeness (QED) is 0.690. The minimum Gasteiger partial charge on any atom is -0.323 e. The molecule has 0 aromatic carbocycles. The number of amides is 1. The van der Waals surface area contributed by atoms with Gasteiger partial charge in [-0.1, -0.05) is 30.3 Å². The van der Waals surface area contributed by atoms with Crippen molar-refractivity contribution in [2.75, 3.05) is 0 Å². The van der Waals surface area contributed by atoms with Crippen molar-refractivity contribution in [1.82, 2.24) is 5.32 Å². The van der Waals surface area contributed by atoms with E-state index >= 15 is 0 Å². The number of hydrogen-bond acceptors (Lipinski definition) is 2. The summed E-state index contributed by atoms with van der Waals surface area (Å²) in [6.07, 6.45) is 3.65. The van der Waals surface area contributed by atoms with Crippen LogP contribution in [-0.2, 0) is 4.79 Å². The Balaban J connectivity index is 4.35. The van der Waals surface area contributed by atoms with Crippen molar-refractivity contribution < 1.29 is 4.79 Å². The third-order valence-electron chi connectivity index (χ3n) is 1.56. The van der Waals surface area contributed by atoms with Gasteiger partial charge in [0, 0.05) is 0 Å². The number of rotatable bonds is 5. The molecule has 0 aliphatic carbocycles. The van der Waals surface area contributed by atoms with Crippen LogP contribution in [0.25, 0.3) is 0 Å². The molecule has 2 nitrogen and oxygen atoms in total. The summed E-state index contributed by atoms with van der Waals surface area (Å²) in [5, 5.41) is 3.59. The first kappa shape index (κ1) is 12.3. The lowest BCUT2D eigenvalue weighted by Gasteiger charge is -2.06. The number of thioether (sulfide) groups is 1. The predicted molar refractivity (Wildman–Crippen MR) is 59.2 cm³/mol. The molecular weight excluding hydrogens is 182 g/mol. The number of carbonyl (C=O) groups excluding carboxylic acids is 1. The Hall–Kier alpha value is -0.700. The molecule has 0 aliphatic heterocycles. The summed E-state index contributed by atoms with van der Waals surface area (Å²) in [4.78, 5) is 11.5. The van der Waals surface area contributed by atoms with E-state index in [1.807, 2.05) is 13.0 Å². The van der Waals surface area contributed by atoms with Crippen molar-refractivity contribution in [3.63, 3.8) is 0 Å². The third kappa shape index (κ3) is 5.53. The number of carbonyl (C=O) groups is 1. The van der Waals surface area contributed by atoms with Gasteiger partial charge in [-0.3, -0.25) is 4.79 Å². The van der Waals surface area contributed by atoms with Gasteiger partial charge in [0.25, 0.3) is 0 Å². The lowest BCUT2D eigenvalue weighted by Crippen LogP contribution is -2.07. The molecule has 0 radical (unpaired) electrons. The highest BCUT2D eigenvalue weighted by atomic mass is 32.2. The molecule has 0 aliphatic rings. The van der Waals surface area contributed by atoms with Gasteiger partial charge in [0.15, 0.2) is 0 Å². The van der Waals surface area contributed by atoms with Gasteiger partial charge < -0.3 is 5.32 Å². The summed E-state index contributed by atoms with van der Waals surface area (Å²) in [6, 6.07) is 0.